The largest absolute Gasteiger partial charge is 0.380 e. The van der Waals surface area contributed by atoms with Crippen molar-refractivity contribution in [2.75, 3.05) is 13.2 Å². The summed E-state index contributed by atoms with van der Waals surface area (Å²) >= 11 is 0. The fourth-order valence-electron chi connectivity index (χ4n) is 2.84. The molecule has 1 atom stereocenters. The van der Waals surface area contributed by atoms with Crippen LogP contribution in [0.4, 0.5) is 0 Å². The van der Waals surface area contributed by atoms with Crippen molar-refractivity contribution in [2.45, 2.75) is 24.8 Å². The fourth-order valence-corrected chi connectivity index (χ4v) is 2.84. The minimum atomic E-state index is -0.192. The third-order valence-electron chi connectivity index (χ3n) is 3.78. The van der Waals surface area contributed by atoms with E-state index in [1.165, 1.54) is 16.3 Å². The molecule has 2 N–H and O–H groups in total. The summed E-state index contributed by atoms with van der Waals surface area (Å²) in [6, 6.07) is 15.0. The van der Waals surface area contributed by atoms with Gasteiger partial charge in [-0.2, -0.15) is 0 Å². The van der Waals surface area contributed by atoms with Gasteiger partial charge in [0, 0.05) is 12.1 Å². The molecule has 1 fully saturated rings. The zero-order valence-corrected chi connectivity index (χ0v) is 10.6. The van der Waals surface area contributed by atoms with Crippen LogP contribution in [-0.2, 0) is 11.2 Å². The molecule has 2 nitrogen and oxygen atoms in total. The molecule has 2 aromatic carbocycles. The van der Waals surface area contributed by atoms with E-state index in [1.54, 1.807) is 0 Å². The van der Waals surface area contributed by atoms with E-state index in [-0.39, 0.29) is 5.54 Å². The Hall–Kier alpha value is -1.38. The van der Waals surface area contributed by atoms with Crippen molar-refractivity contribution >= 4 is 10.8 Å². The van der Waals surface area contributed by atoms with Gasteiger partial charge < -0.3 is 10.5 Å². The summed E-state index contributed by atoms with van der Waals surface area (Å²) in [7, 11) is 0. The molecular formula is C16H19NO. The van der Waals surface area contributed by atoms with Crippen LogP contribution in [0, 0.1) is 0 Å². The lowest BCUT2D eigenvalue weighted by molar-refractivity contribution is 0.0383. The number of fused-ring (bicyclic) bond motifs is 1. The molecule has 0 aromatic heterocycles. The summed E-state index contributed by atoms with van der Waals surface area (Å²) < 4.78 is 5.54. The number of hydrogen-bond donors (Lipinski definition) is 1. The molecule has 2 aromatic rings. The maximum Gasteiger partial charge on any atom is 0.0649 e. The summed E-state index contributed by atoms with van der Waals surface area (Å²) in [5.41, 5.74) is 7.60. The van der Waals surface area contributed by atoms with Crippen molar-refractivity contribution in [1.29, 1.82) is 0 Å². The average molecular weight is 241 g/mol. The fraction of sp³-hybridized carbons (Fsp3) is 0.375. The summed E-state index contributed by atoms with van der Waals surface area (Å²) in [6.45, 7) is 1.53. The molecule has 0 radical (unpaired) electrons. The first-order chi connectivity index (χ1) is 8.77. The predicted molar refractivity (Wildman–Crippen MR) is 74.6 cm³/mol. The zero-order valence-electron chi connectivity index (χ0n) is 10.6. The quantitative estimate of drug-likeness (QED) is 0.877. The highest BCUT2D eigenvalue weighted by atomic mass is 16.5. The topological polar surface area (TPSA) is 35.2 Å². The Labute approximate surface area is 108 Å². The summed E-state index contributed by atoms with van der Waals surface area (Å²) in [5, 5.41) is 2.60. The molecule has 1 aliphatic heterocycles. The average Bonchev–Trinajstić information content (AvgIpc) is 2.40. The van der Waals surface area contributed by atoms with Crippen LogP contribution in [0.2, 0.25) is 0 Å². The second-order valence-corrected chi connectivity index (χ2v) is 5.33. The Kier molecular flexibility index (Phi) is 3.06. The zero-order chi connectivity index (χ0) is 12.4. The van der Waals surface area contributed by atoms with Crippen molar-refractivity contribution < 1.29 is 4.74 Å². The SMILES string of the molecule is NC1(Cc2cccc3ccccc23)CCCOC1. The first-order valence-corrected chi connectivity index (χ1v) is 6.60. The van der Waals surface area contributed by atoms with Crippen molar-refractivity contribution in [3.05, 3.63) is 48.0 Å². The van der Waals surface area contributed by atoms with Gasteiger partial charge in [-0.1, -0.05) is 42.5 Å². The van der Waals surface area contributed by atoms with Crippen LogP contribution in [0.5, 0.6) is 0 Å². The molecule has 0 aliphatic carbocycles. The molecular weight excluding hydrogens is 222 g/mol. The second-order valence-electron chi connectivity index (χ2n) is 5.33. The van der Waals surface area contributed by atoms with Gasteiger partial charge in [-0.15, -0.1) is 0 Å². The molecule has 1 saturated heterocycles. The minimum absolute atomic E-state index is 0.192. The Morgan fingerprint density at radius 1 is 1.11 bits per heavy atom. The molecule has 18 heavy (non-hydrogen) atoms. The number of ether oxygens (including phenoxy) is 1. The number of benzene rings is 2. The van der Waals surface area contributed by atoms with Gasteiger partial charge in [0.2, 0.25) is 0 Å². The van der Waals surface area contributed by atoms with Crippen LogP contribution in [0.3, 0.4) is 0 Å². The van der Waals surface area contributed by atoms with Gasteiger partial charge in [0.25, 0.3) is 0 Å². The molecule has 1 aliphatic rings. The van der Waals surface area contributed by atoms with Crippen LogP contribution in [0.25, 0.3) is 10.8 Å². The first kappa shape index (κ1) is 11.7. The van der Waals surface area contributed by atoms with E-state index in [0.29, 0.717) is 6.61 Å². The summed E-state index contributed by atoms with van der Waals surface area (Å²) in [4.78, 5) is 0. The van der Waals surface area contributed by atoms with E-state index in [2.05, 4.69) is 42.5 Å². The third-order valence-corrected chi connectivity index (χ3v) is 3.78. The number of rotatable bonds is 2. The van der Waals surface area contributed by atoms with Crippen LogP contribution >= 0.6 is 0 Å². The lowest BCUT2D eigenvalue weighted by Crippen LogP contribution is -2.49. The summed E-state index contributed by atoms with van der Waals surface area (Å²) in [6.07, 6.45) is 3.02. The first-order valence-electron chi connectivity index (χ1n) is 6.60. The highest BCUT2D eigenvalue weighted by molar-refractivity contribution is 5.85. The van der Waals surface area contributed by atoms with Gasteiger partial charge in [-0.05, 0) is 35.6 Å². The Balaban J connectivity index is 1.94. The van der Waals surface area contributed by atoms with Crippen molar-refractivity contribution in [3.8, 4) is 0 Å². The molecule has 0 spiro atoms. The van der Waals surface area contributed by atoms with Gasteiger partial charge in [-0.3, -0.25) is 0 Å². The van der Waals surface area contributed by atoms with Crippen LogP contribution in [0.15, 0.2) is 42.5 Å². The Morgan fingerprint density at radius 3 is 2.78 bits per heavy atom. The third kappa shape index (κ3) is 2.26. The number of nitrogens with two attached hydrogens (primary N) is 1. The Bertz CT molecular complexity index is 538. The van der Waals surface area contributed by atoms with E-state index in [9.17, 15) is 0 Å². The molecule has 1 unspecified atom stereocenters. The smallest absolute Gasteiger partial charge is 0.0649 e. The van der Waals surface area contributed by atoms with E-state index < -0.39 is 0 Å². The van der Waals surface area contributed by atoms with Crippen LogP contribution < -0.4 is 5.73 Å². The minimum Gasteiger partial charge on any atom is -0.380 e. The van der Waals surface area contributed by atoms with E-state index in [4.69, 9.17) is 10.5 Å². The van der Waals surface area contributed by atoms with Crippen molar-refractivity contribution in [3.63, 3.8) is 0 Å². The highest BCUT2D eigenvalue weighted by Gasteiger charge is 2.28. The van der Waals surface area contributed by atoms with E-state index >= 15 is 0 Å². The predicted octanol–water partition coefficient (Wildman–Crippen LogP) is 2.89. The number of hydrogen-bond acceptors (Lipinski definition) is 2. The van der Waals surface area contributed by atoms with Crippen LogP contribution in [-0.4, -0.2) is 18.8 Å². The molecule has 0 amide bonds. The van der Waals surface area contributed by atoms with Crippen molar-refractivity contribution in [2.24, 2.45) is 5.73 Å². The second kappa shape index (κ2) is 4.71. The standard InChI is InChI=1S/C16H19NO/c17-16(9-4-10-18-12-16)11-14-7-3-6-13-5-1-2-8-15(13)14/h1-3,5-8H,4,9-12,17H2. The van der Waals surface area contributed by atoms with Gasteiger partial charge in [0.05, 0.1) is 6.61 Å². The van der Waals surface area contributed by atoms with E-state index in [1.807, 2.05) is 0 Å². The normalized spacial score (nSPS) is 24.3. The maximum absolute atomic E-state index is 6.46. The lowest BCUT2D eigenvalue weighted by atomic mass is 9.85. The van der Waals surface area contributed by atoms with Gasteiger partial charge in [-0.25, -0.2) is 0 Å². The van der Waals surface area contributed by atoms with Gasteiger partial charge in [0.15, 0.2) is 0 Å². The Morgan fingerprint density at radius 2 is 1.94 bits per heavy atom. The van der Waals surface area contributed by atoms with E-state index in [0.717, 1.165) is 25.9 Å². The molecule has 2 heteroatoms. The highest BCUT2D eigenvalue weighted by Crippen LogP contribution is 2.26. The molecule has 3 rings (SSSR count). The molecule has 0 bridgehead atoms. The monoisotopic (exact) mass is 241 g/mol. The molecule has 94 valence electrons. The van der Waals surface area contributed by atoms with Gasteiger partial charge in [0.1, 0.15) is 0 Å². The van der Waals surface area contributed by atoms with Crippen LogP contribution in [0.1, 0.15) is 18.4 Å². The molecule has 0 saturated carbocycles. The lowest BCUT2D eigenvalue weighted by Gasteiger charge is -2.33. The van der Waals surface area contributed by atoms with Crippen molar-refractivity contribution in [1.82, 2.24) is 0 Å². The molecule has 1 heterocycles. The summed E-state index contributed by atoms with van der Waals surface area (Å²) in [5.74, 6) is 0. The maximum atomic E-state index is 6.46. The van der Waals surface area contributed by atoms with Gasteiger partial charge >= 0.3 is 0 Å².